The van der Waals surface area contributed by atoms with E-state index in [1.54, 1.807) is 18.2 Å². The Morgan fingerprint density at radius 1 is 1.16 bits per heavy atom. The molecule has 7 heteroatoms. The van der Waals surface area contributed by atoms with Gasteiger partial charge in [-0.05, 0) is 69.5 Å². The Morgan fingerprint density at radius 2 is 1.90 bits per heavy atom. The van der Waals surface area contributed by atoms with Gasteiger partial charge in [0, 0.05) is 46.9 Å². The fourth-order valence-electron chi connectivity index (χ4n) is 4.09. The number of amides is 1. The van der Waals surface area contributed by atoms with Crippen LogP contribution < -0.4 is 4.74 Å². The van der Waals surface area contributed by atoms with Gasteiger partial charge in [-0.1, -0.05) is 11.6 Å². The highest BCUT2D eigenvalue weighted by atomic mass is 35.5. The number of methoxy groups -OCH3 is 1. The molecular formula is C24H28ClN3O3. The Kier molecular flexibility index (Phi) is 5.84. The van der Waals surface area contributed by atoms with E-state index in [4.69, 9.17) is 21.1 Å². The van der Waals surface area contributed by atoms with Crippen molar-refractivity contribution < 1.29 is 14.3 Å². The Bertz CT molecular complexity index is 1100. The maximum Gasteiger partial charge on any atom is 0.410 e. The van der Waals surface area contributed by atoms with Crippen LogP contribution in [0.25, 0.3) is 22.2 Å². The molecule has 164 valence electrons. The first-order valence-electron chi connectivity index (χ1n) is 10.5. The first kappa shape index (κ1) is 21.5. The zero-order chi connectivity index (χ0) is 22.2. The molecule has 3 heterocycles. The Labute approximate surface area is 187 Å². The van der Waals surface area contributed by atoms with Crippen molar-refractivity contribution in [2.24, 2.45) is 0 Å². The largest absolute Gasteiger partial charge is 0.496 e. The van der Waals surface area contributed by atoms with Gasteiger partial charge in [0.25, 0.3) is 0 Å². The molecule has 3 aromatic rings. The van der Waals surface area contributed by atoms with Crippen molar-refractivity contribution in [3.8, 4) is 16.9 Å². The van der Waals surface area contributed by atoms with Crippen LogP contribution in [-0.4, -0.2) is 46.8 Å². The van der Waals surface area contributed by atoms with Crippen LogP contribution in [0.2, 0.25) is 5.02 Å². The normalized spacial score (nSPS) is 15.3. The molecule has 0 bridgehead atoms. The van der Waals surface area contributed by atoms with Crippen LogP contribution in [0.5, 0.6) is 5.75 Å². The summed E-state index contributed by atoms with van der Waals surface area (Å²) in [6.07, 6.45) is 3.33. The molecule has 1 aliphatic heterocycles. The first-order valence-corrected chi connectivity index (χ1v) is 10.9. The summed E-state index contributed by atoms with van der Waals surface area (Å²) in [7, 11) is 1.65. The number of likely N-dealkylation sites (tertiary alicyclic amines) is 1. The summed E-state index contributed by atoms with van der Waals surface area (Å²) in [5.74, 6) is 1.07. The van der Waals surface area contributed by atoms with Crippen LogP contribution in [0.1, 0.15) is 45.2 Å². The second kappa shape index (κ2) is 8.42. The van der Waals surface area contributed by atoms with Gasteiger partial charge in [-0.2, -0.15) is 0 Å². The summed E-state index contributed by atoms with van der Waals surface area (Å²) in [5.41, 5.74) is 3.54. The van der Waals surface area contributed by atoms with Crippen molar-refractivity contribution in [2.75, 3.05) is 20.2 Å². The number of nitrogens with zero attached hydrogens (tertiary/aromatic N) is 2. The average molecular weight is 442 g/mol. The number of aromatic nitrogens is 2. The van der Waals surface area contributed by atoms with Crippen molar-refractivity contribution in [3.05, 3.63) is 47.2 Å². The topological polar surface area (TPSA) is 67.5 Å². The second-order valence-electron chi connectivity index (χ2n) is 8.93. The number of hydrogen-bond donors (Lipinski definition) is 1. The standard InChI is InChI=1S/C24H28ClN3O3/c1-24(2,3)31-23(29)28-11-8-15(9-12-28)20-14-19-17(7-10-26-22(19)27-20)18-6-5-16(25)13-21(18)30-4/h5-7,10,13-15H,8-9,11-12H2,1-4H3,(H,26,27). The number of rotatable bonds is 3. The van der Waals surface area contributed by atoms with Gasteiger partial charge in [0.1, 0.15) is 17.0 Å². The third kappa shape index (κ3) is 4.64. The highest BCUT2D eigenvalue weighted by Gasteiger charge is 2.28. The smallest absolute Gasteiger partial charge is 0.410 e. The van der Waals surface area contributed by atoms with Crippen LogP contribution in [0.15, 0.2) is 36.5 Å². The lowest BCUT2D eigenvalue weighted by Gasteiger charge is -2.33. The molecule has 6 nitrogen and oxygen atoms in total. The van der Waals surface area contributed by atoms with Crippen LogP contribution in [0, 0.1) is 0 Å². The molecule has 1 aliphatic rings. The van der Waals surface area contributed by atoms with Crippen molar-refractivity contribution in [1.29, 1.82) is 0 Å². The summed E-state index contributed by atoms with van der Waals surface area (Å²) in [4.78, 5) is 22.2. The predicted octanol–water partition coefficient (Wildman–Crippen LogP) is 6.01. The molecule has 0 aliphatic carbocycles. The number of carbonyl (C=O) groups is 1. The van der Waals surface area contributed by atoms with E-state index in [9.17, 15) is 4.79 Å². The Hall–Kier alpha value is -2.73. The number of aromatic amines is 1. The molecule has 0 atom stereocenters. The number of piperidine rings is 1. The van der Waals surface area contributed by atoms with E-state index in [-0.39, 0.29) is 6.09 Å². The zero-order valence-corrected chi connectivity index (χ0v) is 19.1. The molecule has 2 aromatic heterocycles. The molecule has 4 rings (SSSR count). The molecule has 1 amide bonds. The molecule has 31 heavy (non-hydrogen) atoms. The number of carbonyl (C=O) groups excluding carboxylic acids is 1. The lowest BCUT2D eigenvalue weighted by Crippen LogP contribution is -2.41. The summed E-state index contributed by atoms with van der Waals surface area (Å²) >= 11 is 6.14. The minimum atomic E-state index is -0.476. The minimum Gasteiger partial charge on any atom is -0.496 e. The molecule has 1 saturated heterocycles. The SMILES string of the molecule is COc1cc(Cl)ccc1-c1ccnc2[nH]c(C3CCN(C(=O)OC(C)(C)C)CC3)cc12. The number of H-pyrrole nitrogens is 1. The van der Waals surface area contributed by atoms with E-state index < -0.39 is 5.60 Å². The predicted molar refractivity (Wildman–Crippen MR) is 123 cm³/mol. The van der Waals surface area contributed by atoms with E-state index in [0.717, 1.165) is 46.4 Å². The molecule has 1 fully saturated rings. The van der Waals surface area contributed by atoms with Crippen LogP contribution in [-0.2, 0) is 4.74 Å². The average Bonchev–Trinajstić information content (AvgIpc) is 3.17. The zero-order valence-electron chi connectivity index (χ0n) is 18.4. The first-order chi connectivity index (χ1) is 14.7. The fourth-order valence-corrected chi connectivity index (χ4v) is 4.25. The molecule has 0 radical (unpaired) electrons. The second-order valence-corrected chi connectivity index (χ2v) is 9.37. The van der Waals surface area contributed by atoms with Gasteiger partial charge in [0.15, 0.2) is 0 Å². The van der Waals surface area contributed by atoms with Gasteiger partial charge in [-0.15, -0.1) is 0 Å². The molecule has 0 spiro atoms. The minimum absolute atomic E-state index is 0.235. The van der Waals surface area contributed by atoms with E-state index in [1.165, 1.54) is 0 Å². The lowest BCUT2D eigenvalue weighted by atomic mass is 9.93. The maximum atomic E-state index is 12.3. The van der Waals surface area contributed by atoms with Gasteiger partial charge < -0.3 is 19.4 Å². The number of fused-ring (bicyclic) bond motifs is 1. The molecule has 1 aromatic carbocycles. The van der Waals surface area contributed by atoms with Crippen molar-refractivity contribution >= 4 is 28.7 Å². The molecule has 0 unspecified atom stereocenters. The summed E-state index contributed by atoms with van der Waals surface area (Å²) in [5, 5.41) is 1.69. The van der Waals surface area contributed by atoms with Crippen LogP contribution >= 0.6 is 11.6 Å². The number of nitrogens with one attached hydrogen (secondary N) is 1. The van der Waals surface area contributed by atoms with E-state index in [0.29, 0.717) is 24.0 Å². The summed E-state index contributed by atoms with van der Waals surface area (Å²) in [6.45, 7) is 7.04. The lowest BCUT2D eigenvalue weighted by molar-refractivity contribution is 0.0204. The molecule has 0 saturated carbocycles. The summed E-state index contributed by atoms with van der Waals surface area (Å²) < 4.78 is 11.1. The maximum absolute atomic E-state index is 12.3. The Morgan fingerprint density at radius 3 is 2.58 bits per heavy atom. The fraction of sp³-hybridized carbons (Fsp3) is 0.417. The molecular weight excluding hydrogens is 414 g/mol. The van der Waals surface area contributed by atoms with Crippen molar-refractivity contribution in [2.45, 2.75) is 45.1 Å². The number of benzene rings is 1. The van der Waals surface area contributed by atoms with E-state index in [2.05, 4.69) is 16.0 Å². The number of halogens is 1. The van der Waals surface area contributed by atoms with E-state index in [1.807, 2.05) is 45.0 Å². The van der Waals surface area contributed by atoms with Gasteiger partial charge >= 0.3 is 6.09 Å². The third-order valence-electron chi connectivity index (χ3n) is 5.59. The highest BCUT2D eigenvalue weighted by Crippen LogP contribution is 2.38. The van der Waals surface area contributed by atoms with Crippen molar-refractivity contribution in [3.63, 3.8) is 0 Å². The van der Waals surface area contributed by atoms with Gasteiger partial charge in [-0.3, -0.25) is 0 Å². The quantitative estimate of drug-likeness (QED) is 0.540. The third-order valence-corrected chi connectivity index (χ3v) is 5.83. The monoisotopic (exact) mass is 441 g/mol. The number of hydrogen-bond acceptors (Lipinski definition) is 4. The summed E-state index contributed by atoms with van der Waals surface area (Å²) in [6, 6.07) is 9.84. The van der Waals surface area contributed by atoms with E-state index >= 15 is 0 Å². The van der Waals surface area contributed by atoms with Crippen LogP contribution in [0.4, 0.5) is 4.79 Å². The van der Waals surface area contributed by atoms with Gasteiger partial charge in [-0.25, -0.2) is 9.78 Å². The Balaban J connectivity index is 1.56. The highest BCUT2D eigenvalue weighted by molar-refractivity contribution is 6.30. The van der Waals surface area contributed by atoms with Crippen molar-refractivity contribution in [1.82, 2.24) is 14.9 Å². The molecule has 1 N–H and O–H groups in total. The van der Waals surface area contributed by atoms with Gasteiger partial charge in [0.05, 0.1) is 7.11 Å². The van der Waals surface area contributed by atoms with Gasteiger partial charge in [0.2, 0.25) is 0 Å². The van der Waals surface area contributed by atoms with Crippen LogP contribution in [0.3, 0.4) is 0 Å². The number of ether oxygens (including phenoxy) is 2. The number of pyridine rings is 1.